The van der Waals surface area contributed by atoms with E-state index < -0.39 is 5.60 Å². The van der Waals surface area contributed by atoms with Crippen molar-refractivity contribution in [3.63, 3.8) is 0 Å². The lowest BCUT2D eigenvalue weighted by atomic mass is 9.97. The molecule has 1 heterocycles. The molecule has 5 heteroatoms. The van der Waals surface area contributed by atoms with Crippen molar-refractivity contribution in [1.29, 1.82) is 0 Å². The minimum atomic E-state index is -0.915. The van der Waals surface area contributed by atoms with Gasteiger partial charge in [0.25, 0.3) is 0 Å². The number of rotatable bonds is 4. The molecule has 0 aromatic carbocycles. The molecule has 0 aliphatic carbocycles. The molecule has 1 fully saturated rings. The molecule has 1 amide bonds. The minimum Gasteiger partial charge on any atom is -0.385 e. The molecular weight excluding hydrogens is 206 g/mol. The number of hydrogen-bond acceptors (Lipinski definition) is 3. The molecule has 1 aliphatic heterocycles. The Morgan fingerprint density at radius 2 is 2.50 bits per heavy atom. The lowest BCUT2D eigenvalue weighted by Crippen LogP contribution is -2.47. The van der Waals surface area contributed by atoms with Crippen LogP contribution in [0.5, 0.6) is 0 Å². The highest BCUT2D eigenvalue weighted by atomic mass is 35.5. The Hall–Kier alpha value is -0.320. The van der Waals surface area contributed by atoms with Crippen molar-refractivity contribution in [1.82, 2.24) is 5.32 Å². The molecule has 0 saturated carbocycles. The zero-order chi connectivity index (χ0) is 10.6. The summed E-state index contributed by atoms with van der Waals surface area (Å²) in [7, 11) is 0. The number of amides is 1. The molecule has 0 radical (unpaired) electrons. The molecule has 4 nitrogen and oxygen atoms in total. The highest BCUT2D eigenvalue weighted by Crippen LogP contribution is 2.24. The molecular formula is C9H16ClNO3. The fourth-order valence-electron chi connectivity index (χ4n) is 1.43. The van der Waals surface area contributed by atoms with E-state index in [0.717, 1.165) is 0 Å². The molecule has 0 aromatic rings. The van der Waals surface area contributed by atoms with Crippen LogP contribution < -0.4 is 5.32 Å². The fraction of sp³-hybridized carbons (Fsp3) is 0.889. The van der Waals surface area contributed by atoms with Crippen LogP contribution >= 0.6 is 11.6 Å². The summed E-state index contributed by atoms with van der Waals surface area (Å²) < 4.78 is 5.23. The van der Waals surface area contributed by atoms with Gasteiger partial charge in [0.15, 0.2) is 0 Å². The summed E-state index contributed by atoms with van der Waals surface area (Å²) >= 11 is 5.41. The van der Waals surface area contributed by atoms with Gasteiger partial charge in [-0.2, -0.15) is 0 Å². The summed E-state index contributed by atoms with van der Waals surface area (Å²) in [6.45, 7) is 2.59. The highest BCUT2D eigenvalue weighted by Gasteiger charge is 2.39. The molecule has 2 unspecified atom stereocenters. The maximum absolute atomic E-state index is 11.1. The molecule has 2 N–H and O–H groups in total. The normalized spacial score (nSPS) is 31.8. The second kappa shape index (κ2) is 4.96. The summed E-state index contributed by atoms with van der Waals surface area (Å²) in [5, 5.41) is 12.6. The molecule has 1 rings (SSSR count). The lowest BCUT2D eigenvalue weighted by molar-refractivity contribution is -0.122. The molecule has 0 spiro atoms. The smallest absolute Gasteiger partial charge is 0.221 e. The van der Waals surface area contributed by atoms with E-state index in [0.29, 0.717) is 18.9 Å². The topological polar surface area (TPSA) is 58.6 Å². The van der Waals surface area contributed by atoms with Crippen LogP contribution in [0.3, 0.4) is 0 Å². The van der Waals surface area contributed by atoms with E-state index in [-0.39, 0.29) is 25.0 Å². The third-order valence-corrected chi connectivity index (χ3v) is 2.76. The number of hydrogen-bond donors (Lipinski definition) is 2. The van der Waals surface area contributed by atoms with Crippen molar-refractivity contribution >= 4 is 17.5 Å². The van der Waals surface area contributed by atoms with E-state index in [1.54, 1.807) is 6.92 Å². The average molecular weight is 222 g/mol. The molecule has 1 aliphatic rings. The van der Waals surface area contributed by atoms with Crippen LogP contribution in [0.25, 0.3) is 0 Å². The van der Waals surface area contributed by atoms with E-state index in [9.17, 15) is 9.90 Å². The zero-order valence-corrected chi connectivity index (χ0v) is 9.01. The maximum atomic E-state index is 11.1. The van der Waals surface area contributed by atoms with E-state index in [1.807, 2.05) is 0 Å². The molecule has 14 heavy (non-hydrogen) atoms. The summed E-state index contributed by atoms with van der Waals surface area (Å²) in [4.78, 5) is 11.1. The largest absolute Gasteiger partial charge is 0.385 e. The Kier molecular flexibility index (Phi) is 4.16. The third-order valence-electron chi connectivity index (χ3n) is 2.57. The van der Waals surface area contributed by atoms with Gasteiger partial charge in [0.2, 0.25) is 5.91 Å². The van der Waals surface area contributed by atoms with E-state index in [4.69, 9.17) is 16.3 Å². The Morgan fingerprint density at radius 3 is 3.00 bits per heavy atom. The first-order chi connectivity index (χ1) is 6.58. The van der Waals surface area contributed by atoms with Crippen molar-refractivity contribution in [2.45, 2.75) is 31.5 Å². The van der Waals surface area contributed by atoms with Gasteiger partial charge in [0.1, 0.15) is 5.60 Å². The number of carbonyl (C=O) groups excluding carboxylic acids is 1. The van der Waals surface area contributed by atoms with Crippen molar-refractivity contribution in [3.05, 3.63) is 0 Å². The SMILES string of the molecule is CC1OCCC1(O)CNC(=O)CCCl. The summed E-state index contributed by atoms with van der Waals surface area (Å²) in [6, 6.07) is 0. The Bertz CT molecular complexity index is 212. The maximum Gasteiger partial charge on any atom is 0.221 e. The Balaban J connectivity index is 2.32. The predicted molar refractivity (Wildman–Crippen MR) is 53.3 cm³/mol. The van der Waals surface area contributed by atoms with Gasteiger partial charge in [-0.15, -0.1) is 11.6 Å². The van der Waals surface area contributed by atoms with E-state index in [2.05, 4.69) is 5.32 Å². The third kappa shape index (κ3) is 2.83. The highest BCUT2D eigenvalue weighted by molar-refractivity contribution is 6.18. The second-order valence-electron chi connectivity index (χ2n) is 3.58. The van der Waals surface area contributed by atoms with Gasteiger partial charge in [-0.3, -0.25) is 4.79 Å². The fourth-order valence-corrected chi connectivity index (χ4v) is 1.60. The number of nitrogens with one attached hydrogen (secondary N) is 1. The van der Waals surface area contributed by atoms with Crippen molar-refractivity contribution < 1.29 is 14.6 Å². The standard InChI is InChI=1S/C9H16ClNO3/c1-7-9(13,3-5-14-7)6-11-8(12)2-4-10/h7,13H,2-6H2,1H3,(H,11,12). The minimum absolute atomic E-state index is 0.132. The van der Waals surface area contributed by atoms with E-state index >= 15 is 0 Å². The van der Waals surface area contributed by atoms with Crippen LogP contribution in [-0.4, -0.2) is 41.8 Å². The van der Waals surface area contributed by atoms with Crippen molar-refractivity contribution in [2.75, 3.05) is 19.0 Å². The van der Waals surface area contributed by atoms with Crippen LogP contribution in [0.15, 0.2) is 0 Å². The van der Waals surface area contributed by atoms with Crippen LogP contribution in [0, 0.1) is 0 Å². The van der Waals surface area contributed by atoms with Crippen molar-refractivity contribution in [2.24, 2.45) is 0 Å². The lowest BCUT2D eigenvalue weighted by Gasteiger charge is -2.26. The first-order valence-corrected chi connectivity index (χ1v) is 5.28. The summed E-state index contributed by atoms with van der Waals surface area (Å²) in [5.41, 5.74) is -0.915. The Labute approximate surface area is 88.6 Å². The van der Waals surface area contributed by atoms with Gasteiger partial charge in [0.05, 0.1) is 6.10 Å². The van der Waals surface area contributed by atoms with Gasteiger partial charge in [-0.25, -0.2) is 0 Å². The van der Waals surface area contributed by atoms with Gasteiger partial charge in [0, 0.05) is 31.9 Å². The van der Waals surface area contributed by atoms with Gasteiger partial charge in [-0.1, -0.05) is 0 Å². The van der Waals surface area contributed by atoms with Crippen LogP contribution in [0.4, 0.5) is 0 Å². The number of halogens is 1. The van der Waals surface area contributed by atoms with Crippen LogP contribution in [0.2, 0.25) is 0 Å². The number of ether oxygens (including phenoxy) is 1. The molecule has 1 saturated heterocycles. The Morgan fingerprint density at radius 1 is 1.79 bits per heavy atom. The number of aliphatic hydroxyl groups is 1. The zero-order valence-electron chi connectivity index (χ0n) is 8.25. The molecule has 82 valence electrons. The van der Waals surface area contributed by atoms with Gasteiger partial charge >= 0.3 is 0 Å². The quantitative estimate of drug-likeness (QED) is 0.671. The number of alkyl halides is 1. The van der Waals surface area contributed by atoms with Crippen molar-refractivity contribution in [3.8, 4) is 0 Å². The average Bonchev–Trinajstić information content (AvgIpc) is 2.46. The van der Waals surface area contributed by atoms with Crippen LogP contribution in [-0.2, 0) is 9.53 Å². The predicted octanol–water partition coefficient (Wildman–Crippen LogP) is 0.271. The van der Waals surface area contributed by atoms with E-state index in [1.165, 1.54) is 0 Å². The molecule has 0 aromatic heterocycles. The van der Waals surface area contributed by atoms with Gasteiger partial charge in [-0.05, 0) is 6.92 Å². The molecule has 2 atom stereocenters. The summed E-state index contributed by atoms with van der Waals surface area (Å²) in [6.07, 6.45) is 0.626. The first-order valence-electron chi connectivity index (χ1n) is 4.75. The first kappa shape index (κ1) is 11.8. The van der Waals surface area contributed by atoms with Crippen LogP contribution in [0.1, 0.15) is 19.8 Å². The second-order valence-corrected chi connectivity index (χ2v) is 3.96. The van der Waals surface area contributed by atoms with Gasteiger partial charge < -0.3 is 15.2 Å². The molecule has 0 bridgehead atoms. The monoisotopic (exact) mass is 221 g/mol. The summed E-state index contributed by atoms with van der Waals surface area (Å²) in [5.74, 6) is 0.170. The number of carbonyl (C=O) groups is 1.